The summed E-state index contributed by atoms with van der Waals surface area (Å²) in [5.41, 5.74) is 0.367. The predicted molar refractivity (Wildman–Crippen MR) is 67.8 cm³/mol. The summed E-state index contributed by atoms with van der Waals surface area (Å²) in [5, 5.41) is 2.78. The van der Waals surface area contributed by atoms with Gasteiger partial charge < -0.3 is 5.32 Å². The van der Waals surface area contributed by atoms with E-state index in [9.17, 15) is 13.2 Å². The number of benzene rings is 2. The van der Waals surface area contributed by atoms with Crippen molar-refractivity contribution in [2.75, 3.05) is 5.32 Å². The molecular formula is C13H9BrF3N. The fourth-order valence-electron chi connectivity index (χ4n) is 1.52. The van der Waals surface area contributed by atoms with Crippen LogP contribution < -0.4 is 5.32 Å². The average molecular weight is 316 g/mol. The Kier molecular flexibility index (Phi) is 3.91. The summed E-state index contributed by atoms with van der Waals surface area (Å²) >= 11 is 3.22. The van der Waals surface area contributed by atoms with Gasteiger partial charge in [-0.05, 0) is 46.3 Å². The van der Waals surface area contributed by atoms with E-state index >= 15 is 0 Å². The molecular weight excluding hydrogens is 307 g/mol. The van der Waals surface area contributed by atoms with Crippen LogP contribution in [0.4, 0.5) is 18.9 Å². The maximum absolute atomic E-state index is 13.4. The van der Waals surface area contributed by atoms with Crippen molar-refractivity contribution in [3.8, 4) is 0 Å². The number of anilines is 1. The fourth-order valence-corrected chi connectivity index (χ4v) is 1.90. The number of rotatable bonds is 3. The highest BCUT2D eigenvalue weighted by atomic mass is 79.9. The van der Waals surface area contributed by atoms with Gasteiger partial charge in [0.05, 0.1) is 5.69 Å². The smallest absolute Gasteiger partial charge is 0.131 e. The van der Waals surface area contributed by atoms with Crippen molar-refractivity contribution < 1.29 is 13.2 Å². The third-order valence-electron chi connectivity index (χ3n) is 2.45. The van der Waals surface area contributed by atoms with Crippen LogP contribution in [0.15, 0.2) is 40.9 Å². The minimum Gasteiger partial charge on any atom is -0.380 e. The summed E-state index contributed by atoms with van der Waals surface area (Å²) in [6.07, 6.45) is 0. The Morgan fingerprint density at radius 3 is 2.33 bits per heavy atom. The Bertz CT molecular complexity index is 552. The average Bonchev–Trinajstić information content (AvgIpc) is 2.33. The zero-order valence-corrected chi connectivity index (χ0v) is 10.8. The Morgan fingerprint density at radius 2 is 1.67 bits per heavy atom. The van der Waals surface area contributed by atoms with E-state index < -0.39 is 17.5 Å². The third kappa shape index (κ3) is 2.85. The lowest BCUT2D eigenvalue weighted by Gasteiger charge is -2.10. The summed E-state index contributed by atoms with van der Waals surface area (Å²) in [6.45, 7) is -0.0550. The maximum atomic E-state index is 13.4. The van der Waals surface area contributed by atoms with E-state index in [2.05, 4.69) is 21.2 Å². The highest BCUT2D eigenvalue weighted by Crippen LogP contribution is 2.24. The summed E-state index contributed by atoms with van der Waals surface area (Å²) in [7, 11) is 0. The van der Waals surface area contributed by atoms with Crippen molar-refractivity contribution >= 4 is 21.6 Å². The van der Waals surface area contributed by atoms with Gasteiger partial charge in [-0.2, -0.15) is 0 Å². The van der Waals surface area contributed by atoms with Gasteiger partial charge in [-0.3, -0.25) is 0 Å². The van der Waals surface area contributed by atoms with Gasteiger partial charge in [-0.15, -0.1) is 0 Å². The van der Waals surface area contributed by atoms with Crippen molar-refractivity contribution in [2.45, 2.75) is 6.54 Å². The van der Waals surface area contributed by atoms with E-state index in [1.165, 1.54) is 36.4 Å². The van der Waals surface area contributed by atoms with E-state index in [1.807, 2.05) is 0 Å². The second kappa shape index (κ2) is 5.44. The first kappa shape index (κ1) is 13.0. The standard InChI is InChI=1S/C13H9BrF3N/c14-10-5-4-8(15)6-13(10)18-7-9-11(16)2-1-3-12(9)17/h1-6,18H,7H2. The molecule has 0 radical (unpaired) electrons. The monoisotopic (exact) mass is 315 g/mol. The van der Waals surface area contributed by atoms with Crippen LogP contribution in [-0.2, 0) is 6.54 Å². The molecule has 0 atom stereocenters. The van der Waals surface area contributed by atoms with Gasteiger partial charge in [0.25, 0.3) is 0 Å². The van der Waals surface area contributed by atoms with Crippen LogP contribution in [0.3, 0.4) is 0 Å². The highest BCUT2D eigenvalue weighted by molar-refractivity contribution is 9.10. The number of halogens is 4. The van der Waals surface area contributed by atoms with Crippen LogP contribution in [0.25, 0.3) is 0 Å². The van der Waals surface area contributed by atoms with Crippen LogP contribution in [0, 0.1) is 17.5 Å². The van der Waals surface area contributed by atoms with Crippen molar-refractivity contribution in [3.05, 3.63) is 63.9 Å². The molecule has 0 amide bonds. The molecule has 2 rings (SSSR count). The molecule has 0 fully saturated rings. The Labute approximate surface area is 111 Å². The van der Waals surface area contributed by atoms with Crippen molar-refractivity contribution in [1.29, 1.82) is 0 Å². The van der Waals surface area contributed by atoms with Gasteiger partial charge >= 0.3 is 0 Å². The Morgan fingerprint density at radius 1 is 1.00 bits per heavy atom. The molecule has 0 saturated heterocycles. The quantitative estimate of drug-likeness (QED) is 0.880. The number of hydrogen-bond acceptors (Lipinski definition) is 1. The predicted octanol–water partition coefficient (Wildman–Crippen LogP) is 4.48. The van der Waals surface area contributed by atoms with E-state index in [4.69, 9.17) is 0 Å². The topological polar surface area (TPSA) is 12.0 Å². The van der Waals surface area contributed by atoms with Crippen LogP contribution in [-0.4, -0.2) is 0 Å². The molecule has 1 nitrogen and oxygen atoms in total. The molecule has 0 unspecified atom stereocenters. The van der Waals surface area contributed by atoms with Gasteiger partial charge in [0, 0.05) is 16.6 Å². The van der Waals surface area contributed by atoms with Crippen LogP contribution >= 0.6 is 15.9 Å². The molecule has 0 bridgehead atoms. The van der Waals surface area contributed by atoms with Crippen LogP contribution in [0.2, 0.25) is 0 Å². The molecule has 0 aromatic heterocycles. The SMILES string of the molecule is Fc1ccc(Br)c(NCc2c(F)cccc2F)c1. The first-order chi connectivity index (χ1) is 8.58. The molecule has 0 spiro atoms. The molecule has 18 heavy (non-hydrogen) atoms. The lowest BCUT2D eigenvalue weighted by atomic mass is 10.2. The second-order valence-corrected chi connectivity index (χ2v) is 4.53. The fraction of sp³-hybridized carbons (Fsp3) is 0.0769. The van der Waals surface area contributed by atoms with Gasteiger partial charge in [0.1, 0.15) is 17.5 Å². The summed E-state index contributed by atoms with van der Waals surface area (Å²) in [4.78, 5) is 0. The molecule has 94 valence electrons. The number of nitrogens with one attached hydrogen (secondary N) is 1. The van der Waals surface area contributed by atoms with Crippen molar-refractivity contribution in [3.63, 3.8) is 0 Å². The molecule has 0 aliphatic carbocycles. The van der Waals surface area contributed by atoms with Crippen molar-refractivity contribution in [2.24, 2.45) is 0 Å². The van der Waals surface area contributed by atoms with E-state index in [0.717, 1.165) is 0 Å². The minimum absolute atomic E-state index is 0.0550. The van der Waals surface area contributed by atoms with E-state index in [0.29, 0.717) is 10.2 Å². The largest absolute Gasteiger partial charge is 0.380 e. The molecule has 1 N–H and O–H groups in total. The zero-order valence-electron chi connectivity index (χ0n) is 9.18. The lowest BCUT2D eigenvalue weighted by Crippen LogP contribution is -2.05. The minimum atomic E-state index is -0.630. The van der Waals surface area contributed by atoms with Gasteiger partial charge in [-0.1, -0.05) is 6.07 Å². The van der Waals surface area contributed by atoms with Gasteiger partial charge in [0.15, 0.2) is 0 Å². The summed E-state index contributed by atoms with van der Waals surface area (Å²) in [6, 6.07) is 7.73. The number of hydrogen-bond donors (Lipinski definition) is 1. The Balaban J connectivity index is 2.19. The van der Waals surface area contributed by atoms with E-state index in [1.54, 1.807) is 0 Å². The molecule has 2 aromatic rings. The zero-order chi connectivity index (χ0) is 13.1. The maximum Gasteiger partial charge on any atom is 0.131 e. The first-order valence-electron chi connectivity index (χ1n) is 5.20. The van der Waals surface area contributed by atoms with Gasteiger partial charge in [-0.25, -0.2) is 13.2 Å². The molecule has 0 aliphatic rings. The third-order valence-corrected chi connectivity index (χ3v) is 3.14. The molecule has 0 aliphatic heterocycles. The van der Waals surface area contributed by atoms with Crippen molar-refractivity contribution in [1.82, 2.24) is 0 Å². The summed E-state index contributed by atoms with van der Waals surface area (Å²) < 4.78 is 40.4. The van der Waals surface area contributed by atoms with E-state index in [-0.39, 0.29) is 12.1 Å². The molecule has 5 heteroatoms. The molecule has 0 heterocycles. The van der Waals surface area contributed by atoms with Crippen LogP contribution in [0.5, 0.6) is 0 Å². The molecule has 0 saturated carbocycles. The van der Waals surface area contributed by atoms with Crippen LogP contribution in [0.1, 0.15) is 5.56 Å². The second-order valence-electron chi connectivity index (χ2n) is 3.68. The van der Waals surface area contributed by atoms with Gasteiger partial charge in [0.2, 0.25) is 0 Å². The first-order valence-corrected chi connectivity index (χ1v) is 5.99. The molecule has 2 aromatic carbocycles. The summed E-state index contributed by atoms with van der Waals surface area (Å²) in [5.74, 6) is -1.68. The lowest BCUT2D eigenvalue weighted by molar-refractivity contribution is 0.560. The normalized spacial score (nSPS) is 10.4. The highest BCUT2D eigenvalue weighted by Gasteiger charge is 2.09. The Hall–Kier alpha value is -1.49.